The van der Waals surface area contributed by atoms with Crippen LogP contribution in [-0.2, 0) is 4.79 Å². The van der Waals surface area contributed by atoms with Gasteiger partial charge in [0.1, 0.15) is 11.4 Å². The van der Waals surface area contributed by atoms with Gasteiger partial charge in [-0.15, -0.1) is 0 Å². The zero-order chi connectivity index (χ0) is 16.6. The molecule has 0 saturated heterocycles. The summed E-state index contributed by atoms with van der Waals surface area (Å²) >= 11 is 0. The summed E-state index contributed by atoms with van der Waals surface area (Å²) in [4.78, 5) is 21.1. The fourth-order valence-electron chi connectivity index (χ4n) is 1.57. The molecule has 0 atom stereocenters. The fraction of sp³-hybridized carbons (Fsp3) is 0.444. The number of carbonyl (C=O) groups is 2. The molecule has 1 heterocycles. The van der Waals surface area contributed by atoms with E-state index < -0.39 is 0 Å². The zero-order valence-corrected chi connectivity index (χ0v) is 14.1. The lowest BCUT2D eigenvalue weighted by molar-refractivity contribution is -0.114. The molecule has 1 aromatic heterocycles. The van der Waals surface area contributed by atoms with Gasteiger partial charge in [0.2, 0.25) is 5.78 Å². The monoisotopic (exact) mass is 290 g/mol. The quantitative estimate of drug-likeness (QED) is 0.714. The van der Waals surface area contributed by atoms with Gasteiger partial charge in [-0.1, -0.05) is 39.3 Å². The van der Waals surface area contributed by atoms with Crippen molar-refractivity contribution in [1.82, 2.24) is 0 Å². The molecule has 0 amide bonds. The van der Waals surface area contributed by atoms with Crippen molar-refractivity contribution in [3.8, 4) is 0 Å². The molecule has 0 aliphatic rings. The second-order valence-corrected chi connectivity index (χ2v) is 5.08. The fourth-order valence-corrected chi connectivity index (χ4v) is 1.57. The summed E-state index contributed by atoms with van der Waals surface area (Å²) in [6.07, 6.45) is 0. The molecule has 0 saturated carbocycles. The molecule has 0 spiro atoms. The maximum Gasteiger partial charge on any atom is 0.200 e. The van der Waals surface area contributed by atoms with Crippen LogP contribution in [0.1, 0.15) is 57.7 Å². The van der Waals surface area contributed by atoms with Crippen LogP contribution < -0.4 is 0 Å². The third-order valence-corrected chi connectivity index (χ3v) is 2.44. The van der Waals surface area contributed by atoms with E-state index in [1.54, 1.807) is 0 Å². The van der Waals surface area contributed by atoms with Crippen LogP contribution in [0.15, 0.2) is 28.7 Å². The lowest BCUT2D eigenvalue weighted by Crippen LogP contribution is -2.05. The molecule has 2 aromatic rings. The van der Waals surface area contributed by atoms with Gasteiger partial charge >= 0.3 is 0 Å². The molecule has 21 heavy (non-hydrogen) atoms. The van der Waals surface area contributed by atoms with Crippen molar-refractivity contribution in [2.24, 2.45) is 5.92 Å². The van der Waals surface area contributed by atoms with E-state index in [9.17, 15) is 9.59 Å². The molecule has 0 radical (unpaired) electrons. The van der Waals surface area contributed by atoms with Gasteiger partial charge in [-0.05, 0) is 39.0 Å². The number of benzene rings is 1. The topological polar surface area (TPSA) is 47.3 Å². The summed E-state index contributed by atoms with van der Waals surface area (Å²) < 4.78 is 5.50. The Morgan fingerprint density at radius 1 is 1.05 bits per heavy atom. The summed E-state index contributed by atoms with van der Waals surface area (Å²) in [5.74, 6) is 0.668. The lowest BCUT2D eigenvalue weighted by atomic mass is 10.1. The first kappa shape index (κ1) is 19.1. The van der Waals surface area contributed by atoms with Crippen LogP contribution in [0, 0.1) is 12.8 Å². The van der Waals surface area contributed by atoms with Crippen molar-refractivity contribution in [3.05, 3.63) is 35.6 Å². The normalized spacial score (nSPS) is 9.52. The molecule has 2 rings (SSSR count). The van der Waals surface area contributed by atoms with Crippen LogP contribution in [0.5, 0.6) is 0 Å². The molecule has 3 nitrogen and oxygen atoms in total. The minimum absolute atomic E-state index is 0.0216. The van der Waals surface area contributed by atoms with Crippen LogP contribution in [-0.4, -0.2) is 11.6 Å². The second kappa shape index (κ2) is 9.11. The van der Waals surface area contributed by atoms with Gasteiger partial charge in [-0.25, -0.2) is 0 Å². The molecule has 3 heteroatoms. The Bertz CT molecular complexity index is 588. The first-order valence-electron chi connectivity index (χ1n) is 7.33. The predicted molar refractivity (Wildman–Crippen MR) is 87.8 cm³/mol. The van der Waals surface area contributed by atoms with E-state index in [1.807, 2.05) is 58.9 Å². The standard InChI is InChI=1S/C13H14O2.C3H6O.C2H6/c1-8(2)13(14)12-7-10-6-9(3)4-5-11(10)15-12;1-3(2)4;1-2/h4-8H,1-3H3;1-2H3;1-2H3. The molecule has 0 aliphatic carbocycles. The number of furan rings is 1. The first-order chi connectivity index (χ1) is 9.81. The Balaban J connectivity index is 0.000000579. The SMILES string of the molecule is CC.CC(C)=O.Cc1ccc2oc(C(=O)C(C)C)cc2c1. The molecular formula is C18H26O3. The highest BCUT2D eigenvalue weighted by atomic mass is 16.3. The summed E-state index contributed by atoms with van der Waals surface area (Å²) in [7, 11) is 0. The van der Waals surface area contributed by atoms with Crippen molar-refractivity contribution < 1.29 is 14.0 Å². The Kier molecular flexibility index (Phi) is 8.29. The number of hydrogen-bond acceptors (Lipinski definition) is 3. The number of hydrogen-bond donors (Lipinski definition) is 0. The Labute approximate surface area is 127 Å². The molecule has 0 N–H and O–H groups in total. The highest BCUT2D eigenvalue weighted by Crippen LogP contribution is 2.22. The second-order valence-electron chi connectivity index (χ2n) is 5.08. The van der Waals surface area contributed by atoms with E-state index in [0.717, 1.165) is 11.0 Å². The highest BCUT2D eigenvalue weighted by Gasteiger charge is 2.15. The summed E-state index contributed by atoms with van der Waals surface area (Å²) in [6.45, 7) is 12.8. The van der Waals surface area contributed by atoms with Crippen LogP contribution in [0.2, 0.25) is 0 Å². The van der Waals surface area contributed by atoms with Gasteiger partial charge in [0.15, 0.2) is 5.76 Å². The molecule has 1 aromatic carbocycles. The summed E-state index contributed by atoms with van der Waals surface area (Å²) in [5, 5.41) is 0.999. The minimum Gasteiger partial charge on any atom is -0.453 e. The Morgan fingerprint density at radius 2 is 1.57 bits per heavy atom. The number of carbonyl (C=O) groups excluding carboxylic acids is 2. The largest absolute Gasteiger partial charge is 0.453 e. The van der Waals surface area contributed by atoms with Gasteiger partial charge in [-0.3, -0.25) is 4.79 Å². The van der Waals surface area contributed by atoms with Crippen molar-refractivity contribution in [2.75, 3.05) is 0 Å². The van der Waals surface area contributed by atoms with Gasteiger partial charge < -0.3 is 9.21 Å². The number of fused-ring (bicyclic) bond motifs is 1. The molecule has 0 unspecified atom stereocenters. The predicted octanol–water partition coefficient (Wildman–Crippen LogP) is 5.20. The van der Waals surface area contributed by atoms with Gasteiger partial charge in [0.25, 0.3) is 0 Å². The average molecular weight is 290 g/mol. The van der Waals surface area contributed by atoms with Crippen LogP contribution in [0.4, 0.5) is 0 Å². The van der Waals surface area contributed by atoms with Crippen molar-refractivity contribution >= 4 is 22.5 Å². The van der Waals surface area contributed by atoms with Gasteiger partial charge in [0, 0.05) is 11.3 Å². The molecule has 0 fully saturated rings. The van der Waals surface area contributed by atoms with Crippen LogP contribution in [0.25, 0.3) is 11.0 Å². The first-order valence-corrected chi connectivity index (χ1v) is 7.33. The third kappa shape index (κ3) is 6.39. The average Bonchev–Trinajstić information content (AvgIpc) is 2.82. The highest BCUT2D eigenvalue weighted by molar-refractivity contribution is 5.98. The lowest BCUT2D eigenvalue weighted by Gasteiger charge is -1.97. The molecule has 0 aliphatic heterocycles. The maximum absolute atomic E-state index is 11.7. The summed E-state index contributed by atoms with van der Waals surface area (Å²) in [5.41, 5.74) is 1.96. The van der Waals surface area contributed by atoms with Crippen molar-refractivity contribution in [2.45, 2.75) is 48.5 Å². The third-order valence-electron chi connectivity index (χ3n) is 2.44. The summed E-state index contributed by atoms with van der Waals surface area (Å²) in [6, 6.07) is 7.73. The number of aryl methyl sites for hydroxylation is 1. The van der Waals surface area contributed by atoms with Crippen LogP contribution >= 0.6 is 0 Å². The van der Waals surface area contributed by atoms with E-state index in [0.29, 0.717) is 5.76 Å². The Morgan fingerprint density at radius 3 is 2.05 bits per heavy atom. The van der Waals surface area contributed by atoms with Crippen LogP contribution in [0.3, 0.4) is 0 Å². The smallest absolute Gasteiger partial charge is 0.200 e. The molecule has 116 valence electrons. The minimum atomic E-state index is -0.0216. The van der Waals surface area contributed by atoms with Crippen molar-refractivity contribution in [1.29, 1.82) is 0 Å². The molecule has 0 bridgehead atoms. The van der Waals surface area contributed by atoms with Gasteiger partial charge in [0.05, 0.1) is 0 Å². The van der Waals surface area contributed by atoms with E-state index in [2.05, 4.69) is 0 Å². The number of rotatable bonds is 2. The van der Waals surface area contributed by atoms with E-state index in [-0.39, 0.29) is 17.5 Å². The van der Waals surface area contributed by atoms with E-state index >= 15 is 0 Å². The van der Waals surface area contributed by atoms with Gasteiger partial charge in [-0.2, -0.15) is 0 Å². The zero-order valence-electron chi connectivity index (χ0n) is 14.1. The van der Waals surface area contributed by atoms with E-state index in [4.69, 9.17) is 4.42 Å². The maximum atomic E-state index is 11.7. The van der Waals surface area contributed by atoms with Crippen molar-refractivity contribution in [3.63, 3.8) is 0 Å². The Hall–Kier alpha value is -1.90. The number of ketones is 2. The van der Waals surface area contributed by atoms with E-state index in [1.165, 1.54) is 19.4 Å². The molecular weight excluding hydrogens is 264 g/mol. The number of Topliss-reactive ketones (excluding diaryl/α,β-unsaturated/α-hetero) is 2.